The fraction of sp³-hybridized carbons (Fsp3) is 1.00. The lowest BCUT2D eigenvalue weighted by Gasteiger charge is -2.23. The molecule has 0 fully saturated rings. The average Bonchev–Trinajstić information content (AvgIpc) is 1.65. The summed E-state index contributed by atoms with van der Waals surface area (Å²) in [5, 5.41) is -0.850. The van der Waals surface area contributed by atoms with Crippen LogP contribution < -0.4 is 0 Å². The molecule has 0 amide bonds. The van der Waals surface area contributed by atoms with Gasteiger partial charge in [-0.05, 0) is 6.92 Å². The highest BCUT2D eigenvalue weighted by Crippen LogP contribution is 2.30. The van der Waals surface area contributed by atoms with E-state index >= 15 is 0 Å². The van der Waals surface area contributed by atoms with Gasteiger partial charge in [-0.3, -0.25) is 0 Å². The zero-order chi connectivity index (χ0) is 7.65. The Kier molecular flexibility index (Phi) is 2.93. The third-order valence-corrected chi connectivity index (χ3v) is 1.67. The van der Waals surface area contributed by atoms with Crippen LogP contribution in [0.5, 0.6) is 0 Å². The third kappa shape index (κ3) is 2.12. The molecule has 0 aliphatic rings. The molecule has 1 unspecified atom stereocenters. The first-order chi connectivity index (χ1) is 3.89. The quantitative estimate of drug-likeness (QED) is 0.581. The van der Waals surface area contributed by atoms with E-state index in [4.69, 9.17) is 0 Å². The Bertz CT molecular complexity index is 79.1. The van der Waals surface area contributed by atoms with Gasteiger partial charge in [-0.25, -0.2) is 8.78 Å². The zero-order valence-corrected chi connectivity index (χ0v) is 6.75. The first-order valence-corrected chi connectivity index (χ1v) is 3.46. The van der Waals surface area contributed by atoms with Crippen molar-refractivity contribution in [2.75, 3.05) is 0 Å². The molecule has 0 N–H and O–H groups in total. The summed E-state index contributed by atoms with van der Waals surface area (Å²) in [5.41, 5.74) is 0. The van der Waals surface area contributed by atoms with E-state index in [1.54, 1.807) is 0 Å². The van der Waals surface area contributed by atoms with Crippen LogP contribution in [0.4, 0.5) is 8.78 Å². The van der Waals surface area contributed by atoms with Crippen LogP contribution >= 0.6 is 12.6 Å². The van der Waals surface area contributed by atoms with Crippen molar-refractivity contribution >= 4 is 12.6 Å². The number of alkyl halides is 2. The summed E-state index contributed by atoms with van der Waals surface area (Å²) in [6, 6.07) is 0. The number of rotatable bonds is 2. The molecule has 56 valence electrons. The van der Waals surface area contributed by atoms with Gasteiger partial charge in [0.05, 0.1) is 5.25 Å². The SMILES string of the molecule is CC(C)C(F)(F)C(C)S. The molecule has 0 bridgehead atoms. The van der Waals surface area contributed by atoms with Crippen molar-refractivity contribution in [3.8, 4) is 0 Å². The minimum absolute atomic E-state index is 0.620. The van der Waals surface area contributed by atoms with E-state index in [0.717, 1.165) is 0 Å². The standard InChI is InChI=1S/C6H12F2S/c1-4(2)6(7,8)5(3)9/h4-5,9H,1-3H3. The molecule has 0 saturated heterocycles. The monoisotopic (exact) mass is 154 g/mol. The summed E-state index contributed by atoms with van der Waals surface area (Å²) in [4.78, 5) is 0. The Labute approximate surface area is 60.1 Å². The smallest absolute Gasteiger partial charge is 0.205 e. The highest BCUT2D eigenvalue weighted by Gasteiger charge is 2.37. The van der Waals surface area contributed by atoms with Crippen molar-refractivity contribution in [3.63, 3.8) is 0 Å². The topological polar surface area (TPSA) is 0 Å². The van der Waals surface area contributed by atoms with Crippen molar-refractivity contribution < 1.29 is 8.78 Å². The molecule has 3 heteroatoms. The number of thiol groups is 1. The predicted molar refractivity (Wildman–Crippen MR) is 38.2 cm³/mol. The van der Waals surface area contributed by atoms with Crippen molar-refractivity contribution in [2.45, 2.75) is 31.9 Å². The molecule has 0 heterocycles. The van der Waals surface area contributed by atoms with Gasteiger partial charge in [0.2, 0.25) is 0 Å². The van der Waals surface area contributed by atoms with Crippen molar-refractivity contribution in [1.82, 2.24) is 0 Å². The van der Waals surface area contributed by atoms with Gasteiger partial charge in [-0.15, -0.1) is 0 Å². The summed E-state index contributed by atoms with van der Waals surface area (Å²) in [6.07, 6.45) is 0. The normalized spacial score (nSPS) is 16.3. The second-order valence-corrected chi connectivity index (χ2v) is 3.28. The van der Waals surface area contributed by atoms with Crippen LogP contribution in [-0.2, 0) is 0 Å². The Morgan fingerprint density at radius 2 is 1.56 bits per heavy atom. The summed E-state index contributed by atoms with van der Waals surface area (Å²) in [6.45, 7) is 4.39. The molecular formula is C6H12F2S. The highest BCUT2D eigenvalue weighted by atomic mass is 32.1. The Balaban J connectivity index is 4.01. The van der Waals surface area contributed by atoms with Gasteiger partial charge in [0.25, 0.3) is 5.92 Å². The van der Waals surface area contributed by atoms with E-state index in [1.165, 1.54) is 20.8 Å². The van der Waals surface area contributed by atoms with Gasteiger partial charge >= 0.3 is 0 Å². The Hall–Kier alpha value is 0.210. The van der Waals surface area contributed by atoms with Crippen LogP contribution in [0, 0.1) is 5.92 Å². The van der Waals surface area contributed by atoms with Crippen molar-refractivity contribution in [2.24, 2.45) is 5.92 Å². The van der Waals surface area contributed by atoms with Crippen LogP contribution in [0.1, 0.15) is 20.8 Å². The maximum absolute atomic E-state index is 12.6. The van der Waals surface area contributed by atoms with E-state index in [0.29, 0.717) is 0 Å². The van der Waals surface area contributed by atoms with E-state index in [1.807, 2.05) is 0 Å². The molecule has 0 radical (unpaired) electrons. The summed E-state index contributed by atoms with van der Waals surface area (Å²) >= 11 is 3.67. The number of hydrogen-bond donors (Lipinski definition) is 1. The maximum Gasteiger partial charge on any atom is 0.261 e. The molecule has 0 rings (SSSR count). The van der Waals surface area contributed by atoms with Gasteiger partial charge in [-0.1, -0.05) is 13.8 Å². The van der Waals surface area contributed by atoms with Gasteiger partial charge in [0.15, 0.2) is 0 Å². The van der Waals surface area contributed by atoms with Crippen LogP contribution in [-0.4, -0.2) is 11.2 Å². The number of hydrogen-bond acceptors (Lipinski definition) is 1. The fourth-order valence-corrected chi connectivity index (χ4v) is 0.781. The Morgan fingerprint density at radius 3 is 1.56 bits per heavy atom. The first-order valence-electron chi connectivity index (χ1n) is 2.95. The van der Waals surface area contributed by atoms with E-state index < -0.39 is 17.1 Å². The molecule has 0 spiro atoms. The summed E-state index contributed by atoms with van der Waals surface area (Å²) in [5.74, 6) is -3.26. The fourth-order valence-electron chi connectivity index (χ4n) is 0.482. The lowest BCUT2D eigenvalue weighted by Crippen LogP contribution is -2.32. The van der Waals surface area contributed by atoms with Crippen molar-refractivity contribution in [1.29, 1.82) is 0 Å². The largest absolute Gasteiger partial charge is 0.261 e. The van der Waals surface area contributed by atoms with Gasteiger partial charge in [0.1, 0.15) is 0 Å². The molecule has 0 aliphatic carbocycles. The molecule has 0 aliphatic heterocycles. The molecule has 0 aromatic carbocycles. The van der Waals surface area contributed by atoms with Gasteiger partial charge in [-0.2, -0.15) is 12.6 Å². The van der Waals surface area contributed by atoms with E-state index in [9.17, 15) is 8.78 Å². The summed E-state index contributed by atoms with van der Waals surface area (Å²) < 4.78 is 25.2. The number of halogens is 2. The second-order valence-electron chi connectivity index (χ2n) is 2.51. The molecule has 0 aromatic rings. The molecule has 0 saturated carbocycles. The average molecular weight is 154 g/mol. The van der Waals surface area contributed by atoms with Crippen LogP contribution in [0.3, 0.4) is 0 Å². The van der Waals surface area contributed by atoms with E-state index in [2.05, 4.69) is 12.6 Å². The Morgan fingerprint density at radius 1 is 1.22 bits per heavy atom. The van der Waals surface area contributed by atoms with Crippen molar-refractivity contribution in [3.05, 3.63) is 0 Å². The van der Waals surface area contributed by atoms with Crippen LogP contribution in [0.25, 0.3) is 0 Å². The minimum Gasteiger partial charge on any atom is -0.205 e. The van der Waals surface area contributed by atoms with Gasteiger partial charge in [0, 0.05) is 5.92 Å². The molecule has 0 aromatic heterocycles. The maximum atomic E-state index is 12.6. The third-order valence-electron chi connectivity index (χ3n) is 1.33. The van der Waals surface area contributed by atoms with Crippen LogP contribution in [0.15, 0.2) is 0 Å². The summed E-state index contributed by atoms with van der Waals surface area (Å²) in [7, 11) is 0. The lowest BCUT2D eigenvalue weighted by molar-refractivity contribution is -0.0415. The van der Waals surface area contributed by atoms with E-state index in [-0.39, 0.29) is 0 Å². The molecule has 0 nitrogen and oxygen atoms in total. The molecular weight excluding hydrogens is 142 g/mol. The van der Waals surface area contributed by atoms with Gasteiger partial charge < -0.3 is 0 Å². The lowest BCUT2D eigenvalue weighted by atomic mass is 10.0. The minimum atomic E-state index is -2.64. The second kappa shape index (κ2) is 2.86. The predicted octanol–water partition coefficient (Wildman–Crippen LogP) is 2.60. The molecule has 1 atom stereocenters. The first kappa shape index (κ1) is 9.21. The highest BCUT2D eigenvalue weighted by molar-refractivity contribution is 7.81. The van der Waals surface area contributed by atoms with Crippen LogP contribution in [0.2, 0.25) is 0 Å². The molecule has 9 heavy (non-hydrogen) atoms. The zero-order valence-electron chi connectivity index (χ0n) is 5.86.